The lowest BCUT2D eigenvalue weighted by Crippen LogP contribution is -2.41. The predicted molar refractivity (Wildman–Crippen MR) is 126 cm³/mol. The quantitative estimate of drug-likeness (QED) is 0.566. The summed E-state index contributed by atoms with van der Waals surface area (Å²) in [4.78, 5) is 12.9. The second kappa shape index (κ2) is 9.48. The van der Waals surface area contributed by atoms with Gasteiger partial charge in [0.2, 0.25) is 15.9 Å². The minimum absolute atomic E-state index is 0.0970. The van der Waals surface area contributed by atoms with E-state index in [0.29, 0.717) is 42.9 Å². The second-order valence-corrected chi connectivity index (χ2v) is 10.3. The van der Waals surface area contributed by atoms with E-state index in [4.69, 9.17) is 4.74 Å². The van der Waals surface area contributed by atoms with Gasteiger partial charge in [0.15, 0.2) is 0 Å². The SMILES string of the molecule is CC[C@@H](C)n1nnc2cc(S(=O)(=O)N3CCC(C(=O)Nc4ccc(OC)cc4)CC3)ccc21. The van der Waals surface area contributed by atoms with Crippen LogP contribution in [0.5, 0.6) is 5.75 Å². The summed E-state index contributed by atoms with van der Waals surface area (Å²) in [5.41, 5.74) is 2.07. The lowest BCUT2D eigenvalue weighted by molar-refractivity contribution is -0.120. The molecule has 0 unspecified atom stereocenters. The van der Waals surface area contributed by atoms with Gasteiger partial charge < -0.3 is 10.1 Å². The van der Waals surface area contributed by atoms with E-state index >= 15 is 0 Å². The highest BCUT2D eigenvalue weighted by atomic mass is 32.2. The maximum absolute atomic E-state index is 13.2. The van der Waals surface area contributed by atoms with Crippen molar-refractivity contribution in [3.05, 3.63) is 42.5 Å². The van der Waals surface area contributed by atoms with Crippen LogP contribution in [0.3, 0.4) is 0 Å². The smallest absolute Gasteiger partial charge is 0.243 e. The van der Waals surface area contributed by atoms with Gasteiger partial charge in [0.25, 0.3) is 0 Å². The largest absolute Gasteiger partial charge is 0.497 e. The summed E-state index contributed by atoms with van der Waals surface area (Å²) < 4.78 is 34.8. The molecular formula is C23H29N5O4S. The Labute approximate surface area is 193 Å². The molecule has 3 aromatic rings. The van der Waals surface area contributed by atoms with Crippen molar-refractivity contribution in [2.45, 2.75) is 44.0 Å². The number of methoxy groups -OCH3 is 1. The van der Waals surface area contributed by atoms with Crippen molar-refractivity contribution in [1.82, 2.24) is 19.3 Å². The van der Waals surface area contributed by atoms with Crippen LogP contribution < -0.4 is 10.1 Å². The van der Waals surface area contributed by atoms with Gasteiger partial charge >= 0.3 is 0 Å². The van der Waals surface area contributed by atoms with Gasteiger partial charge in [-0.2, -0.15) is 4.31 Å². The summed E-state index contributed by atoms with van der Waals surface area (Å²) in [7, 11) is -2.09. The minimum atomic E-state index is -3.68. The number of sulfonamides is 1. The van der Waals surface area contributed by atoms with Crippen molar-refractivity contribution in [3.63, 3.8) is 0 Å². The lowest BCUT2D eigenvalue weighted by Gasteiger charge is -2.30. The zero-order chi connectivity index (χ0) is 23.6. The van der Waals surface area contributed by atoms with E-state index in [1.54, 1.807) is 49.6 Å². The highest BCUT2D eigenvalue weighted by molar-refractivity contribution is 7.89. The first-order chi connectivity index (χ1) is 15.8. The summed E-state index contributed by atoms with van der Waals surface area (Å²) in [6, 6.07) is 12.3. The Balaban J connectivity index is 1.41. The monoisotopic (exact) mass is 471 g/mol. The number of hydrogen-bond acceptors (Lipinski definition) is 6. The van der Waals surface area contributed by atoms with Crippen LogP contribution in [0.2, 0.25) is 0 Å². The van der Waals surface area contributed by atoms with E-state index in [1.807, 2.05) is 11.6 Å². The number of carbonyl (C=O) groups excluding carboxylic acids is 1. The molecule has 9 nitrogen and oxygen atoms in total. The van der Waals surface area contributed by atoms with E-state index < -0.39 is 10.0 Å². The highest BCUT2D eigenvalue weighted by Crippen LogP contribution is 2.27. The van der Waals surface area contributed by atoms with Crippen molar-refractivity contribution in [1.29, 1.82) is 0 Å². The Morgan fingerprint density at radius 2 is 1.88 bits per heavy atom. The van der Waals surface area contributed by atoms with E-state index in [9.17, 15) is 13.2 Å². The van der Waals surface area contributed by atoms with E-state index in [-0.39, 0.29) is 22.8 Å². The van der Waals surface area contributed by atoms with E-state index in [1.165, 1.54) is 4.31 Å². The number of aromatic nitrogens is 3. The fraction of sp³-hybridized carbons (Fsp3) is 0.435. The van der Waals surface area contributed by atoms with Crippen molar-refractivity contribution >= 4 is 32.7 Å². The van der Waals surface area contributed by atoms with Crippen molar-refractivity contribution in [2.24, 2.45) is 5.92 Å². The van der Waals surface area contributed by atoms with Gasteiger partial charge in [-0.15, -0.1) is 5.10 Å². The van der Waals surface area contributed by atoms with Gasteiger partial charge in [-0.05, 0) is 68.7 Å². The number of rotatable bonds is 7. The number of benzene rings is 2. The number of piperidine rings is 1. The summed E-state index contributed by atoms with van der Waals surface area (Å²) in [6.07, 6.45) is 1.83. The lowest BCUT2D eigenvalue weighted by atomic mass is 9.97. The number of ether oxygens (including phenoxy) is 1. The Morgan fingerprint density at radius 1 is 1.18 bits per heavy atom. The molecule has 0 bridgehead atoms. The average Bonchev–Trinajstić information content (AvgIpc) is 3.27. The molecule has 2 heterocycles. The van der Waals surface area contributed by atoms with Gasteiger partial charge in [0.1, 0.15) is 11.3 Å². The first-order valence-corrected chi connectivity index (χ1v) is 12.6. The molecule has 1 N–H and O–H groups in total. The topological polar surface area (TPSA) is 106 Å². The fourth-order valence-corrected chi connectivity index (χ4v) is 5.50. The molecule has 0 saturated carbocycles. The van der Waals surface area contributed by atoms with Crippen LogP contribution in [-0.2, 0) is 14.8 Å². The Bertz CT molecular complexity index is 1230. The van der Waals surface area contributed by atoms with Crippen LogP contribution in [0.15, 0.2) is 47.4 Å². The molecule has 0 spiro atoms. The van der Waals surface area contributed by atoms with Crippen molar-refractivity contribution < 1.29 is 17.9 Å². The molecule has 1 aromatic heterocycles. The van der Waals surface area contributed by atoms with Gasteiger partial charge in [-0.3, -0.25) is 4.79 Å². The Kier molecular flexibility index (Phi) is 6.66. The van der Waals surface area contributed by atoms with Crippen LogP contribution in [0.25, 0.3) is 11.0 Å². The Hall–Kier alpha value is -2.98. The minimum Gasteiger partial charge on any atom is -0.497 e. The normalized spacial score (nSPS) is 16.6. The molecule has 1 fully saturated rings. The van der Waals surface area contributed by atoms with Gasteiger partial charge in [-0.1, -0.05) is 12.1 Å². The zero-order valence-corrected chi connectivity index (χ0v) is 19.9. The van der Waals surface area contributed by atoms with Gasteiger partial charge in [-0.25, -0.2) is 13.1 Å². The predicted octanol–water partition coefficient (Wildman–Crippen LogP) is 3.45. The fourth-order valence-electron chi connectivity index (χ4n) is 4.01. The second-order valence-electron chi connectivity index (χ2n) is 8.34. The third-order valence-electron chi connectivity index (χ3n) is 6.27. The number of anilines is 1. The van der Waals surface area contributed by atoms with Crippen molar-refractivity contribution in [2.75, 3.05) is 25.5 Å². The summed E-state index contributed by atoms with van der Waals surface area (Å²) in [5, 5.41) is 11.2. The molecule has 1 aliphatic heterocycles. The van der Waals surface area contributed by atoms with E-state index in [2.05, 4.69) is 22.6 Å². The van der Waals surface area contributed by atoms with Crippen LogP contribution in [0.4, 0.5) is 5.69 Å². The average molecular weight is 472 g/mol. The molecule has 33 heavy (non-hydrogen) atoms. The Morgan fingerprint density at radius 3 is 2.52 bits per heavy atom. The molecule has 4 rings (SSSR count). The summed E-state index contributed by atoms with van der Waals surface area (Å²) in [5.74, 6) is 0.379. The van der Waals surface area contributed by atoms with Crippen molar-refractivity contribution in [3.8, 4) is 5.75 Å². The number of fused-ring (bicyclic) bond motifs is 1. The molecule has 1 atom stereocenters. The first-order valence-electron chi connectivity index (χ1n) is 11.1. The molecule has 1 amide bonds. The molecular weight excluding hydrogens is 442 g/mol. The number of amides is 1. The molecule has 1 aliphatic rings. The molecule has 0 radical (unpaired) electrons. The third-order valence-corrected chi connectivity index (χ3v) is 8.17. The van der Waals surface area contributed by atoms with Gasteiger partial charge in [0, 0.05) is 24.7 Å². The van der Waals surface area contributed by atoms with E-state index in [0.717, 1.165) is 11.9 Å². The number of carbonyl (C=O) groups is 1. The number of nitrogens with one attached hydrogen (secondary N) is 1. The third kappa shape index (κ3) is 4.72. The summed E-state index contributed by atoms with van der Waals surface area (Å²) >= 11 is 0. The first kappa shape index (κ1) is 23.2. The highest BCUT2D eigenvalue weighted by Gasteiger charge is 2.32. The number of hydrogen-bond donors (Lipinski definition) is 1. The van der Waals surface area contributed by atoms with Crippen LogP contribution >= 0.6 is 0 Å². The molecule has 10 heteroatoms. The zero-order valence-electron chi connectivity index (χ0n) is 19.1. The molecule has 176 valence electrons. The van der Waals surface area contributed by atoms with Crippen LogP contribution in [-0.4, -0.2) is 53.8 Å². The summed E-state index contributed by atoms with van der Waals surface area (Å²) in [6.45, 7) is 4.70. The molecule has 1 saturated heterocycles. The molecule has 2 aromatic carbocycles. The maximum Gasteiger partial charge on any atom is 0.243 e. The standard InChI is InChI=1S/C23H29N5O4S/c1-4-16(2)28-22-10-9-20(15-21(22)25-26-28)33(30,31)27-13-11-17(12-14-27)23(29)24-18-5-7-19(32-3)8-6-18/h5-10,15-17H,4,11-14H2,1-3H3,(H,24,29)/t16-/m1/s1. The molecule has 0 aliphatic carbocycles. The van der Waals surface area contributed by atoms with Crippen LogP contribution in [0, 0.1) is 5.92 Å². The maximum atomic E-state index is 13.2. The van der Waals surface area contributed by atoms with Gasteiger partial charge in [0.05, 0.1) is 23.6 Å². The number of nitrogens with zero attached hydrogens (tertiary/aromatic N) is 4. The van der Waals surface area contributed by atoms with Crippen LogP contribution in [0.1, 0.15) is 39.2 Å².